The van der Waals surface area contributed by atoms with E-state index in [-0.39, 0.29) is 11.8 Å². The Balaban J connectivity index is 1.76. The third-order valence-corrected chi connectivity index (χ3v) is 4.60. The molecule has 3 rings (SSSR count). The summed E-state index contributed by atoms with van der Waals surface area (Å²) in [7, 11) is 1.62. The summed E-state index contributed by atoms with van der Waals surface area (Å²) in [6.45, 7) is 7.58. The summed E-state index contributed by atoms with van der Waals surface area (Å²) in [6.07, 6.45) is 1.79. The number of aromatic nitrogens is 3. The molecule has 2 aromatic rings. The molecule has 1 atom stereocenters. The molecule has 136 valence electrons. The number of hydrogen-bond donors (Lipinski definition) is 1. The zero-order valence-electron chi connectivity index (χ0n) is 15.0. The second-order valence-electron chi connectivity index (χ2n) is 6.46. The molecule has 0 saturated carbocycles. The maximum absolute atomic E-state index is 12.6. The number of aryl methyl sites for hydroxylation is 2. The Bertz CT molecular complexity index is 704. The third kappa shape index (κ3) is 4.08. The van der Waals surface area contributed by atoms with Gasteiger partial charge in [0.15, 0.2) is 0 Å². The number of nitrogens with one attached hydrogen (secondary N) is 1. The Hall–Kier alpha value is -2.19. The van der Waals surface area contributed by atoms with Crippen LogP contribution in [0.3, 0.4) is 0 Å². The molecule has 2 aromatic heterocycles. The number of ether oxygens (including phenoxy) is 1. The molecule has 1 N–H and O–H groups in total. The lowest BCUT2D eigenvalue weighted by molar-refractivity contribution is -0.126. The quantitative estimate of drug-likeness (QED) is 0.781. The van der Waals surface area contributed by atoms with Crippen LogP contribution in [0.4, 0.5) is 0 Å². The Labute approximate surface area is 147 Å². The predicted molar refractivity (Wildman–Crippen MR) is 90.7 cm³/mol. The molecule has 1 unspecified atom stereocenters. The maximum atomic E-state index is 12.6. The van der Waals surface area contributed by atoms with Gasteiger partial charge in [-0.2, -0.15) is 5.10 Å². The van der Waals surface area contributed by atoms with Gasteiger partial charge in [-0.3, -0.25) is 14.4 Å². The monoisotopic (exact) mass is 347 g/mol. The van der Waals surface area contributed by atoms with Gasteiger partial charge in [-0.05, 0) is 19.9 Å². The predicted octanol–water partition coefficient (Wildman–Crippen LogP) is 0.883. The highest BCUT2D eigenvalue weighted by molar-refractivity contribution is 5.78. The number of fused-ring (bicyclic) bond motifs is 1. The van der Waals surface area contributed by atoms with Crippen molar-refractivity contribution < 1.29 is 14.1 Å². The van der Waals surface area contributed by atoms with Gasteiger partial charge in [-0.25, -0.2) is 0 Å². The van der Waals surface area contributed by atoms with E-state index >= 15 is 0 Å². The van der Waals surface area contributed by atoms with Crippen molar-refractivity contribution in [2.45, 2.75) is 33.5 Å². The Morgan fingerprint density at radius 3 is 3.00 bits per heavy atom. The zero-order valence-corrected chi connectivity index (χ0v) is 15.0. The molecule has 1 aliphatic heterocycles. The van der Waals surface area contributed by atoms with Crippen molar-refractivity contribution in [1.82, 2.24) is 25.2 Å². The summed E-state index contributed by atoms with van der Waals surface area (Å²) in [4.78, 5) is 14.8. The molecule has 0 spiro atoms. The summed E-state index contributed by atoms with van der Waals surface area (Å²) in [5, 5.41) is 11.3. The number of rotatable bonds is 6. The molecule has 0 aliphatic carbocycles. The number of hydrogen-bond acceptors (Lipinski definition) is 6. The molecule has 0 saturated heterocycles. The Kier molecular flexibility index (Phi) is 5.50. The van der Waals surface area contributed by atoms with Gasteiger partial charge in [0.1, 0.15) is 5.76 Å². The fourth-order valence-electron chi connectivity index (χ4n) is 3.19. The molecule has 0 aromatic carbocycles. The lowest BCUT2D eigenvalue weighted by Gasteiger charge is -2.23. The van der Waals surface area contributed by atoms with Crippen LogP contribution in [0.5, 0.6) is 0 Å². The van der Waals surface area contributed by atoms with Crippen LogP contribution in [-0.2, 0) is 29.2 Å². The largest absolute Gasteiger partial charge is 0.383 e. The molecular weight excluding hydrogens is 322 g/mol. The smallest absolute Gasteiger partial charge is 0.226 e. The van der Waals surface area contributed by atoms with Crippen molar-refractivity contribution in [3.63, 3.8) is 0 Å². The summed E-state index contributed by atoms with van der Waals surface area (Å²) < 4.78 is 12.2. The molecule has 0 fully saturated rings. The van der Waals surface area contributed by atoms with Crippen molar-refractivity contribution in [1.29, 1.82) is 0 Å². The lowest BCUT2D eigenvalue weighted by atomic mass is 10.1. The first-order valence-corrected chi connectivity index (χ1v) is 8.50. The first-order valence-electron chi connectivity index (χ1n) is 8.50. The van der Waals surface area contributed by atoms with Crippen molar-refractivity contribution in [3.05, 3.63) is 35.0 Å². The fourth-order valence-corrected chi connectivity index (χ4v) is 3.19. The molecule has 8 heteroatoms. The van der Waals surface area contributed by atoms with E-state index in [1.165, 1.54) is 0 Å². The van der Waals surface area contributed by atoms with Crippen LogP contribution < -0.4 is 5.32 Å². The van der Waals surface area contributed by atoms with E-state index < -0.39 is 0 Å². The summed E-state index contributed by atoms with van der Waals surface area (Å²) >= 11 is 0. The molecule has 0 radical (unpaired) electrons. The van der Waals surface area contributed by atoms with Crippen molar-refractivity contribution in [2.75, 3.05) is 26.8 Å². The number of carbonyl (C=O) groups excluding carboxylic acids is 1. The lowest BCUT2D eigenvalue weighted by Crippen LogP contribution is -2.40. The molecule has 25 heavy (non-hydrogen) atoms. The fraction of sp³-hybridized carbons (Fsp3) is 0.588. The van der Waals surface area contributed by atoms with Gasteiger partial charge >= 0.3 is 0 Å². The number of nitrogens with zero attached hydrogens (tertiary/aromatic N) is 4. The van der Waals surface area contributed by atoms with Crippen molar-refractivity contribution in [3.8, 4) is 0 Å². The van der Waals surface area contributed by atoms with Crippen molar-refractivity contribution in [2.24, 2.45) is 5.92 Å². The zero-order chi connectivity index (χ0) is 17.8. The standard InChI is InChI=1S/C17H25N5O3/c1-12-16(13(2)25-20-12)11-21-8-14(17(23)18-6-7-24-3)9-22-15(10-21)4-5-19-22/h4-5,14H,6-11H2,1-3H3,(H,18,23). The van der Waals surface area contributed by atoms with E-state index in [1.807, 2.05) is 24.6 Å². The average molecular weight is 347 g/mol. The summed E-state index contributed by atoms with van der Waals surface area (Å²) in [6, 6.07) is 2.01. The Morgan fingerprint density at radius 2 is 2.28 bits per heavy atom. The summed E-state index contributed by atoms with van der Waals surface area (Å²) in [5.74, 6) is 0.694. The van der Waals surface area contributed by atoms with E-state index in [4.69, 9.17) is 9.26 Å². The summed E-state index contributed by atoms with van der Waals surface area (Å²) in [5.41, 5.74) is 3.10. The SMILES string of the molecule is COCCNC(=O)C1CN(Cc2c(C)noc2C)Cc2ccnn2C1. The van der Waals surface area contributed by atoms with Crippen molar-refractivity contribution >= 4 is 5.91 Å². The molecule has 8 nitrogen and oxygen atoms in total. The van der Waals surface area contributed by atoms with Gasteiger partial charge < -0.3 is 14.6 Å². The highest BCUT2D eigenvalue weighted by Crippen LogP contribution is 2.21. The van der Waals surface area contributed by atoms with E-state index in [1.54, 1.807) is 13.3 Å². The van der Waals surface area contributed by atoms with Gasteiger partial charge in [0.05, 0.1) is 30.5 Å². The minimum atomic E-state index is -0.168. The third-order valence-electron chi connectivity index (χ3n) is 4.60. The van der Waals surface area contributed by atoms with E-state index in [9.17, 15) is 4.79 Å². The molecule has 3 heterocycles. The van der Waals surface area contributed by atoms with Gasteiger partial charge in [0, 0.05) is 45.0 Å². The average Bonchev–Trinajstić information content (AvgIpc) is 3.10. The second-order valence-corrected chi connectivity index (χ2v) is 6.46. The van der Waals surface area contributed by atoms with E-state index in [0.717, 1.165) is 29.3 Å². The van der Waals surface area contributed by atoms with Crippen LogP contribution in [-0.4, -0.2) is 52.6 Å². The molecule has 0 bridgehead atoms. The van der Waals surface area contributed by atoms with Crippen LogP contribution in [0, 0.1) is 19.8 Å². The first-order chi connectivity index (χ1) is 12.1. The number of carbonyl (C=O) groups is 1. The number of amides is 1. The minimum absolute atomic E-state index is 0.0316. The molecular formula is C17H25N5O3. The van der Waals surface area contributed by atoms with Gasteiger partial charge in [-0.1, -0.05) is 5.16 Å². The van der Waals surface area contributed by atoms with Gasteiger partial charge in [0.2, 0.25) is 5.91 Å². The highest BCUT2D eigenvalue weighted by Gasteiger charge is 2.28. The van der Waals surface area contributed by atoms with E-state index in [2.05, 4.69) is 20.5 Å². The number of methoxy groups -OCH3 is 1. The minimum Gasteiger partial charge on any atom is -0.383 e. The van der Waals surface area contributed by atoms with Gasteiger partial charge in [0.25, 0.3) is 0 Å². The topological polar surface area (TPSA) is 85.4 Å². The second kappa shape index (κ2) is 7.79. The Morgan fingerprint density at radius 1 is 1.44 bits per heavy atom. The van der Waals surface area contributed by atoms with Gasteiger partial charge in [-0.15, -0.1) is 0 Å². The molecule has 1 amide bonds. The first kappa shape index (κ1) is 17.6. The van der Waals surface area contributed by atoms with Crippen LogP contribution in [0.2, 0.25) is 0 Å². The van der Waals surface area contributed by atoms with Crippen LogP contribution >= 0.6 is 0 Å². The highest BCUT2D eigenvalue weighted by atomic mass is 16.5. The molecule has 1 aliphatic rings. The van der Waals surface area contributed by atoms with E-state index in [0.29, 0.717) is 32.8 Å². The normalized spacial score (nSPS) is 18.0. The maximum Gasteiger partial charge on any atom is 0.226 e. The van der Waals surface area contributed by atoms with Crippen LogP contribution in [0.15, 0.2) is 16.8 Å². The van der Waals surface area contributed by atoms with Crippen LogP contribution in [0.1, 0.15) is 22.7 Å². The van der Waals surface area contributed by atoms with Crippen LogP contribution in [0.25, 0.3) is 0 Å².